The summed E-state index contributed by atoms with van der Waals surface area (Å²) in [5.74, 6) is 0.529. The van der Waals surface area contributed by atoms with Crippen molar-refractivity contribution in [1.29, 1.82) is 0 Å². The Morgan fingerprint density at radius 3 is 1.81 bits per heavy atom. The van der Waals surface area contributed by atoms with Gasteiger partial charge in [-0.05, 0) is 34.4 Å². The molecule has 0 spiro atoms. The van der Waals surface area contributed by atoms with Crippen LogP contribution in [0.4, 0.5) is 13.2 Å². The Labute approximate surface area is 155 Å². The number of fused-ring (bicyclic) bond motifs is 1. The van der Waals surface area contributed by atoms with Crippen molar-refractivity contribution in [2.45, 2.75) is 11.6 Å². The Balaban J connectivity index is 2.12. The highest BCUT2D eigenvalue weighted by molar-refractivity contribution is 5.84. The van der Waals surface area contributed by atoms with Gasteiger partial charge in [-0.2, -0.15) is 13.2 Å². The van der Waals surface area contributed by atoms with Crippen LogP contribution < -0.4 is 4.74 Å². The number of hydrogen-bond donors (Lipinski definition) is 0. The third kappa shape index (κ3) is 2.72. The van der Waals surface area contributed by atoms with Gasteiger partial charge < -0.3 is 4.74 Å². The molecule has 4 rings (SSSR count). The molecule has 0 heterocycles. The number of benzene rings is 3. The molecule has 0 bridgehead atoms. The number of hydrogen-bond acceptors (Lipinski definition) is 1. The van der Waals surface area contributed by atoms with Gasteiger partial charge in [0.2, 0.25) is 0 Å². The van der Waals surface area contributed by atoms with E-state index in [0.29, 0.717) is 11.3 Å². The van der Waals surface area contributed by atoms with Crippen molar-refractivity contribution in [3.05, 3.63) is 107 Å². The second-order valence-corrected chi connectivity index (χ2v) is 6.51. The van der Waals surface area contributed by atoms with Crippen molar-refractivity contribution in [1.82, 2.24) is 0 Å². The van der Waals surface area contributed by atoms with Crippen LogP contribution in [0.1, 0.15) is 22.3 Å². The van der Waals surface area contributed by atoms with Gasteiger partial charge in [0, 0.05) is 0 Å². The molecule has 1 nitrogen and oxygen atoms in total. The minimum atomic E-state index is -4.45. The number of methoxy groups -OCH3 is 1. The minimum absolute atomic E-state index is 0.191. The van der Waals surface area contributed by atoms with Gasteiger partial charge in [0.25, 0.3) is 0 Å². The van der Waals surface area contributed by atoms with E-state index >= 15 is 0 Å². The lowest BCUT2D eigenvalue weighted by Gasteiger charge is -2.31. The molecule has 27 heavy (non-hydrogen) atoms. The van der Waals surface area contributed by atoms with Crippen molar-refractivity contribution in [2.75, 3.05) is 7.11 Å². The fraction of sp³-hybridized carbons (Fsp3) is 0.130. The Hall–Kier alpha value is -3.01. The highest BCUT2D eigenvalue weighted by atomic mass is 19.4. The molecular formula is C23H17F3O. The van der Waals surface area contributed by atoms with Crippen LogP contribution in [0.25, 0.3) is 5.57 Å². The molecule has 0 aromatic heterocycles. The summed E-state index contributed by atoms with van der Waals surface area (Å²) in [4.78, 5) is 0. The normalized spacial score (nSPS) is 15.2. The molecule has 0 saturated carbocycles. The minimum Gasteiger partial charge on any atom is -0.497 e. The number of ether oxygens (including phenoxy) is 1. The first-order valence-electron chi connectivity index (χ1n) is 8.57. The van der Waals surface area contributed by atoms with E-state index < -0.39 is 17.2 Å². The maximum absolute atomic E-state index is 13.9. The van der Waals surface area contributed by atoms with Crippen molar-refractivity contribution < 1.29 is 17.9 Å². The largest absolute Gasteiger partial charge is 0.497 e. The molecule has 0 unspecified atom stereocenters. The molecule has 0 saturated heterocycles. The van der Waals surface area contributed by atoms with E-state index in [4.69, 9.17) is 4.74 Å². The zero-order valence-electron chi connectivity index (χ0n) is 14.6. The topological polar surface area (TPSA) is 9.23 Å². The van der Waals surface area contributed by atoms with Gasteiger partial charge in [-0.15, -0.1) is 0 Å². The van der Waals surface area contributed by atoms with E-state index in [1.165, 1.54) is 19.3 Å². The molecule has 0 amide bonds. The zero-order valence-corrected chi connectivity index (χ0v) is 14.6. The van der Waals surface area contributed by atoms with Crippen molar-refractivity contribution in [3.8, 4) is 5.75 Å². The lowest BCUT2D eigenvalue weighted by Crippen LogP contribution is -2.25. The summed E-state index contributed by atoms with van der Waals surface area (Å²) in [6.45, 7) is 0. The van der Waals surface area contributed by atoms with Crippen LogP contribution in [-0.2, 0) is 5.41 Å². The van der Waals surface area contributed by atoms with Gasteiger partial charge in [-0.25, -0.2) is 0 Å². The van der Waals surface area contributed by atoms with Crippen LogP contribution in [-0.4, -0.2) is 13.3 Å². The molecule has 3 aromatic rings. The van der Waals surface area contributed by atoms with Crippen LogP contribution >= 0.6 is 0 Å². The Kier molecular flexibility index (Phi) is 4.06. The van der Waals surface area contributed by atoms with Crippen LogP contribution in [0, 0.1) is 0 Å². The quantitative estimate of drug-likeness (QED) is 0.553. The van der Waals surface area contributed by atoms with Gasteiger partial charge in [0.1, 0.15) is 5.75 Å². The van der Waals surface area contributed by atoms with Crippen molar-refractivity contribution in [2.24, 2.45) is 0 Å². The van der Waals surface area contributed by atoms with E-state index in [9.17, 15) is 13.2 Å². The first-order chi connectivity index (χ1) is 13.0. The van der Waals surface area contributed by atoms with Gasteiger partial charge in [-0.3, -0.25) is 0 Å². The summed E-state index contributed by atoms with van der Waals surface area (Å²) in [5.41, 5.74) is 0.683. The monoisotopic (exact) mass is 366 g/mol. The maximum atomic E-state index is 13.9. The van der Waals surface area contributed by atoms with Gasteiger partial charge in [-0.1, -0.05) is 72.8 Å². The summed E-state index contributed by atoms with van der Waals surface area (Å²) in [7, 11) is 1.52. The smallest absolute Gasteiger partial charge is 0.416 e. The Morgan fingerprint density at radius 1 is 0.778 bits per heavy atom. The SMILES string of the molecule is COc1ccc2c(c1)C(c1ccccc1)(c1ccccc1)C=C2C(F)(F)F. The van der Waals surface area contributed by atoms with Crippen molar-refractivity contribution in [3.63, 3.8) is 0 Å². The molecule has 0 N–H and O–H groups in total. The fourth-order valence-electron chi connectivity index (χ4n) is 3.86. The second-order valence-electron chi connectivity index (χ2n) is 6.51. The van der Waals surface area contributed by atoms with Crippen LogP contribution in [0.2, 0.25) is 0 Å². The molecule has 0 atom stereocenters. The van der Waals surface area contributed by atoms with Gasteiger partial charge in [0.05, 0.1) is 18.1 Å². The number of halogens is 3. The van der Waals surface area contributed by atoms with E-state index in [0.717, 1.165) is 11.1 Å². The summed E-state index contributed by atoms with van der Waals surface area (Å²) in [6.07, 6.45) is -3.10. The number of rotatable bonds is 3. The maximum Gasteiger partial charge on any atom is 0.416 e. The molecule has 0 fully saturated rings. The van der Waals surface area contributed by atoms with Crippen LogP contribution in [0.15, 0.2) is 84.9 Å². The molecule has 0 radical (unpaired) electrons. The lowest BCUT2D eigenvalue weighted by molar-refractivity contribution is -0.0688. The van der Waals surface area contributed by atoms with Crippen molar-refractivity contribution >= 4 is 5.57 Å². The molecule has 4 heteroatoms. The summed E-state index contributed by atoms with van der Waals surface area (Å²) < 4.78 is 47.0. The third-order valence-electron chi connectivity index (χ3n) is 5.07. The fourth-order valence-corrected chi connectivity index (χ4v) is 3.86. The van der Waals surface area contributed by atoms with E-state index in [2.05, 4.69) is 0 Å². The average Bonchev–Trinajstić information content (AvgIpc) is 3.05. The third-order valence-corrected chi connectivity index (χ3v) is 5.07. The molecule has 1 aliphatic rings. The van der Waals surface area contributed by atoms with Gasteiger partial charge >= 0.3 is 6.18 Å². The molecular weight excluding hydrogens is 349 g/mol. The highest BCUT2D eigenvalue weighted by Crippen LogP contribution is 2.54. The summed E-state index contributed by atoms with van der Waals surface area (Å²) in [5, 5.41) is 0. The van der Waals surface area contributed by atoms with E-state index in [-0.39, 0.29) is 5.56 Å². The van der Waals surface area contributed by atoms with E-state index in [1.54, 1.807) is 12.1 Å². The molecule has 0 aliphatic heterocycles. The predicted molar refractivity (Wildman–Crippen MR) is 99.8 cm³/mol. The average molecular weight is 366 g/mol. The predicted octanol–water partition coefficient (Wildman–Crippen LogP) is 5.99. The molecule has 3 aromatic carbocycles. The Morgan fingerprint density at radius 2 is 1.33 bits per heavy atom. The van der Waals surface area contributed by atoms with Crippen LogP contribution in [0.5, 0.6) is 5.75 Å². The molecule has 136 valence electrons. The number of alkyl halides is 3. The summed E-state index contributed by atoms with van der Waals surface area (Å²) >= 11 is 0. The number of allylic oxidation sites excluding steroid dienone is 2. The van der Waals surface area contributed by atoms with E-state index in [1.807, 2.05) is 60.7 Å². The summed E-state index contributed by atoms with van der Waals surface area (Å²) in [6, 6.07) is 23.4. The lowest BCUT2D eigenvalue weighted by atomic mass is 9.71. The Bertz CT molecular complexity index is 950. The van der Waals surface area contributed by atoms with Crippen LogP contribution in [0.3, 0.4) is 0 Å². The highest BCUT2D eigenvalue weighted by Gasteiger charge is 2.48. The standard InChI is InChI=1S/C23H17F3O/c1-27-18-12-13-19-20(14-18)22(15-21(19)23(24,25)26,16-8-4-2-5-9-16)17-10-6-3-7-11-17/h2-15H,1H3. The first-order valence-corrected chi connectivity index (χ1v) is 8.57. The first kappa shape index (κ1) is 17.4. The molecule has 1 aliphatic carbocycles. The second kappa shape index (κ2) is 6.31. The zero-order chi connectivity index (χ0) is 19.1. The van der Waals surface area contributed by atoms with Gasteiger partial charge in [0.15, 0.2) is 0 Å².